The molecule has 0 bridgehead atoms. The fourth-order valence-electron chi connectivity index (χ4n) is 2.21. The van der Waals surface area contributed by atoms with Crippen LogP contribution in [0.15, 0.2) is 12.1 Å². The summed E-state index contributed by atoms with van der Waals surface area (Å²) < 4.78 is 11.7. The Hall–Kier alpha value is -1.18. The quantitative estimate of drug-likeness (QED) is 0.793. The minimum Gasteiger partial charge on any atom is -0.493 e. The summed E-state index contributed by atoms with van der Waals surface area (Å²) in [7, 11) is 0. The van der Waals surface area contributed by atoms with Gasteiger partial charge in [0, 0.05) is 0 Å². The van der Waals surface area contributed by atoms with E-state index in [1.165, 1.54) is 11.1 Å². The molecule has 1 aliphatic rings. The number of hydrogen-bond donors (Lipinski definition) is 0. The van der Waals surface area contributed by atoms with Gasteiger partial charge in [-0.3, -0.25) is 0 Å². The Bertz CT molecular complexity index is 398. The summed E-state index contributed by atoms with van der Waals surface area (Å²) >= 11 is 0. The first-order valence-corrected chi connectivity index (χ1v) is 6.53. The predicted molar refractivity (Wildman–Crippen MR) is 69.9 cm³/mol. The highest BCUT2D eigenvalue weighted by Gasteiger charge is 2.19. The minimum atomic E-state index is 0.273. The van der Waals surface area contributed by atoms with Crippen LogP contribution in [0.4, 0.5) is 0 Å². The van der Waals surface area contributed by atoms with E-state index in [4.69, 9.17) is 9.47 Å². The average Bonchev–Trinajstić information content (AvgIpc) is 2.28. The van der Waals surface area contributed by atoms with Gasteiger partial charge in [0.1, 0.15) is 11.5 Å². The molecule has 0 spiro atoms. The van der Waals surface area contributed by atoms with Gasteiger partial charge in [0.25, 0.3) is 0 Å². The molecule has 1 aromatic rings. The first-order valence-electron chi connectivity index (χ1n) is 6.53. The zero-order valence-corrected chi connectivity index (χ0v) is 11.2. The molecule has 0 aromatic heterocycles. The van der Waals surface area contributed by atoms with Crippen LogP contribution in [0.1, 0.15) is 38.3 Å². The van der Waals surface area contributed by atoms with Crippen molar-refractivity contribution in [3.8, 4) is 11.5 Å². The largest absolute Gasteiger partial charge is 0.493 e. The van der Waals surface area contributed by atoms with E-state index in [2.05, 4.69) is 39.8 Å². The summed E-state index contributed by atoms with van der Waals surface area (Å²) in [5.74, 6) is 2.65. The van der Waals surface area contributed by atoms with Crippen molar-refractivity contribution in [3.63, 3.8) is 0 Å². The molecule has 0 amide bonds. The molecule has 94 valence electrons. The molecule has 1 heterocycles. The fourth-order valence-corrected chi connectivity index (χ4v) is 2.21. The van der Waals surface area contributed by atoms with Crippen LogP contribution in [-0.4, -0.2) is 12.7 Å². The summed E-state index contributed by atoms with van der Waals surface area (Å²) in [6, 6.07) is 4.23. The average molecular weight is 234 g/mol. The van der Waals surface area contributed by atoms with Gasteiger partial charge in [0.05, 0.1) is 12.7 Å². The van der Waals surface area contributed by atoms with Gasteiger partial charge in [-0.05, 0) is 55.9 Å². The lowest BCUT2D eigenvalue weighted by molar-refractivity contribution is 0.211. The molecule has 2 nitrogen and oxygen atoms in total. The third-order valence-electron chi connectivity index (χ3n) is 3.32. The summed E-state index contributed by atoms with van der Waals surface area (Å²) in [4.78, 5) is 0. The fraction of sp³-hybridized carbons (Fsp3) is 0.600. The topological polar surface area (TPSA) is 18.5 Å². The Balaban J connectivity index is 2.26. The molecule has 2 rings (SSSR count). The third kappa shape index (κ3) is 2.74. The highest BCUT2D eigenvalue weighted by molar-refractivity contribution is 5.47. The van der Waals surface area contributed by atoms with E-state index in [1.807, 2.05) is 0 Å². The highest BCUT2D eigenvalue weighted by Crippen LogP contribution is 2.34. The van der Waals surface area contributed by atoms with Crippen LogP contribution in [0.3, 0.4) is 0 Å². The molecule has 2 heteroatoms. The second-order valence-electron chi connectivity index (χ2n) is 5.19. The smallest absolute Gasteiger partial charge is 0.125 e. The second kappa shape index (κ2) is 4.99. The lowest BCUT2D eigenvalue weighted by Crippen LogP contribution is -2.19. The SMILES string of the molecule is CCC(C)Oc1cc(C)c2c(c1)CC(C)CO2. The van der Waals surface area contributed by atoms with E-state index in [1.54, 1.807) is 0 Å². The standard InChI is InChI=1S/C15H22O2/c1-5-12(4)17-14-7-11(3)15-13(8-14)6-10(2)9-16-15/h7-8,10,12H,5-6,9H2,1-4H3. The summed E-state index contributed by atoms with van der Waals surface area (Å²) in [6.45, 7) is 9.40. The second-order valence-corrected chi connectivity index (χ2v) is 5.19. The molecular weight excluding hydrogens is 212 g/mol. The van der Waals surface area contributed by atoms with Crippen molar-refractivity contribution in [1.82, 2.24) is 0 Å². The van der Waals surface area contributed by atoms with Crippen molar-refractivity contribution in [2.24, 2.45) is 5.92 Å². The van der Waals surface area contributed by atoms with Crippen LogP contribution in [0.2, 0.25) is 0 Å². The van der Waals surface area contributed by atoms with E-state index in [0.717, 1.165) is 30.9 Å². The zero-order chi connectivity index (χ0) is 12.4. The molecule has 0 radical (unpaired) electrons. The molecular formula is C15H22O2. The van der Waals surface area contributed by atoms with Crippen LogP contribution in [0.25, 0.3) is 0 Å². The van der Waals surface area contributed by atoms with Crippen molar-refractivity contribution < 1.29 is 9.47 Å². The predicted octanol–water partition coefficient (Wildman–Crippen LogP) is 3.74. The molecule has 2 unspecified atom stereocenters. The van der Waals surface area contributed by atoms with Crippen LogP contribution in [0.5, 0.6) is 11.5 Å². The first-order chi connectivity index (χ1) is 8.10. The number of ether oxygens (including phenoxy) is 2. The van der Waals surface area contributed by atoms with Gasteiger partial charge in [0.2, 0.25) is 0 Å². The highest BCUT2D eigenvalue weighted by atomic mass is 16.5. The van der Waals surface area contributed by atoms with Crippen molar-refractivity contribution in [1.29, 1.82) is 0 Å². The Morgan fingerprint density at radius 3 is 2.94 bits per heavy atom. The van der Waals surface area contributed by atoms with Crippen LogP contribution >= 0.6 is 0 Å². The number of hydrogen-bond acceptors (Lipinski definition) is 2. The third-order valence-corrected chi connectivity index (χ3v) is 3.32. The Kier molecular flexibility index (Phi) is 3.60. The Morgan fingerprint density at radius 2 is 2.24 bits per heavy atom. The maximum Gasteiger partial charge on any atom is 0.125 e. The zero-order valence-electron chi connectivity index (χ0n) is 11.2. The Labute approximate surface area is 104 Å². The van der Waals surface area contributed by atoms with E-state index in [0.29, 0.717) is 5.92 Å². The molecule has 2 atom stereocenters. The van der Waals surface area contributed by atoms with Crippen LogP contribution < -0.4 is 9.47 Å². The molecule has 0 N–H and O–H groups in total. The minimum absolute atomic E-state index is 0.273. The molecule has 0 saturated carbocycles. The van der Waals surface area contributed by atoms with Gasteiger partial charge in [0.15, 0.2) is 0 Å². The monoisotopic (exact) mass is 234 g/mol. The molecule has 0 aliphatic carbocycles. The van der Waals surface area contributed by atoms with E-state index < -0.39 is 0 Å². The van der Waals surface area contributed by atoms with Crippen molar-refractivity contribution >= 4 is 0 Å². The van der Waals surface area contributed by atoms with Gasteiger partial charge < -0.3 is 9.47 Å². The lowest BCUT2D eigenvalue weighted by Gasteiger charge is -2.25. The summed E-state index contributed by atoms with van der Waals surface area (Å²) in [6.07, 6.45) is 2.39. The molecule has 1 aromatic carbocycles. The molecule has 0 fully saturated rings. The van der Waals surface area contributed by atoms with Gasteiger partial charge in [-0.2, -0.15) is 0 Å². The molecule has 1 aliphatic heterocycles. The van der Waals surface area contributed by atoms with Gasteiger partial charge in [-0.1, -0.05) is 13.8 Å². The molecule has 0 saturated heterocycles. The van der Waals surface area contributed by atoms with Crippen molar-refractivity contribution in [3.05, 3.63) is 23.3 Å². The van der Waals surface area contributed by atoms with Gasteiger partial charge in [-0.25, -0.2) is 0 Å². The molecule has 17 heavy (non-hydrogen) atoms. The number of fused-ring (bicyclic) bond motifs is 1. The van der Waals surface area contributed by atoms with Gasteiger partial charge >= 0.3 is 0 Å². The van der Waals surface area contributed by atoms with Gasteiger partial charge in [-0.15, -0.1) is 0 Å². The first kappa shape index (κ1) is 12.3. The van der Waals surface area contributed by atoms with E-state index >= 15 is 0 Å². The van der Waals surface area contributed by atoms with Crippen molar-refractivity contribution in [2.75, 3.05) is 6.61 Å². The lowest BCUT2D eigenvalue weighted by atomic mass is 9.96. The maximum absolute atomic E-state index is 5.89. The maximum atomic E-state index is 5.89. The number of benzene rings is 1. The number of rotatable bonds is 3. The summed E-state index contributed by atoms with van der Waals surface area (Å²) in [5, 5.41) is 0. The Morgan fingerprint density at radius 1 is 1.47 bits per heavy atom. The van der Waals surface area contributed by atoms with Crippen molar-refractivity contribution in [2.45, 2.75) is 46.6 Å². The normalized spacial score (nSPS) is 20.4. The van der Waals surface area contributed by atoms with E-state index in [-0.39, 0.29) is 6.10 Å². The van der Waals surface area contributed by atoms with Crippen LogP contribution in [-0.2, 0) is 6.42 Å². The number of aryl methyl sites for hydroxylation is 1. The van der Waals surface area contributed by atoms with Crippen LogP contribution in [0, 0.1) is 12.8 Å². The van der Waals surface area contributed by atoms with E-state index in [9.17, 15) is 0 Å². The summed E-state index contributed by atoms with van der Waals surface area (Å²) in [5.41, 5.74) is 2.48.